The van der Waals surface area contributed by atoms with Gasteiger partial charge in [-0.15, -0.1) is 5.10 Å². The molecule has 0 bridgehead atoms. The molecule has 0 atom stereocenters. The minimum Gasteiger partial charge on any atom is -0.293 e. The van der Waals surface area contributed by atoms with Gasteiger partial charge in [-0.3, -0.25) is 9.48 Å². The molecule has 0 N–H and O–H groups in total. The van der Waals surface area contributed by atoms with Crippen molar-refractivity contribution in [1.82, 2.24) is 19.4 Å². The minimum absolute atomic E-state index is 0.0352. The second-order valence-corrected chi connectivity index (χ2v) is 3.69. The molecule has 0 aliphatic heterocycles. The Morgan fingerprint density at radius 3 is 3.00 bits per heavy atom. The van der Waals surface area contributed by atoms with Gasteiger partial charge in [0.05, 0.1) is 12.4 Å². The molecule has 5 nitrogen and oxygen atoms in total. The molecule has 0 radical (unpaired) electrons. The molecule has 0 amide bonds. The zero-order valence-electron chi connectivity index (χ0n) is 7.54. The Morgan fingerprint density at radius 1 is 1.57 bits per heavy atom. The Labute approximate surface area is 84.5 Å². The van der Waals surface area contributed by atoms with Gasteiger partial charge in [0.2, 0.25) is 0 Å². The lowest BCUT2D eigenvalue weighted by molar-refractivity contribution is 0.0996. The molecule has 0 saturated carbocycles. The number of rotatable bonds is 3. The van der Waals surface area contributed by atoms with E-state index in [1.54, 1.807) is 10.9 Å². The first kappa shape index (κ1) is 9.01. The second-order valence-electron chi connectivity index (χ2n) is 2.90. The SMILES string of the molecule is Cn1cc(CC(=O)c2cnns2)cn1. The van der Waals surface area contributed by atoms with Crippen molar-refractivity contribution >= 4 is 17.3 Å². The van der Waals surface area contributed by atoms with Crippen LogP contribution in [-0.2, 0) is 13.5 Å². The molecule has 2 aromatic heterocycles. The molecule has 72 valence electrons. The molecular weight excluding hydrogens is 200 g/mol. The molecule has 2 rings (SSSR count). The molecule has 2 aromatic rings. The average Bonchev–Trinajstić information content (AvgIpc) is 2.75. The van der Waals surface area contributed by atoms with Crippen LogP contribution in [0.15, 0.2) is 18.6 Å². The van der Waals surface area contributed by atoms with E-state index in [1.165, 1.54) is 6.20 Å². The van der Waals surface area contributed by atoms with E-state index >= 15 is 0 Å². The maximum Gasteiger partial charge on any atom is 0.180 e. The van der Waals surface area contributed by atoms with Crippen molar-refractivity contribution in [3.05, 3.63) is 29.0 Å². The van der Waals surface area contributed by atoms with Gasteiger partial charge in [0, 0.05) is 19.7 Å². The third kappa shape index (κ3) is 1.85. The maximum atomic E-state index is 11.6. The van der Waals surface area contributed by atoms with Crippen molar-refractivity contribution in [2.75, 3.05) is 0 Å². The van der Waals surface area contributed by atoms with Crippen molar-refractivity contribution in [3.63, 3.8) is 0 Å². The summed E-state index contributed by atoms with van der Waals surface area (Å²) >= 11 is 1.12. The van der Waals surface area contributed by atoms with E-state index in [4.69, 9.17) is 0 Å². The number of Topliss-reactive ketones (excluding diaryl/α,β-unsaturated/α-hetero) is 1. The van der Waals surface area contributed by atoms with Crippen LogP contribution in [0.5, 0.6) is 0 Å². The number of nitrogens with zero attached hydrogens (tertiary/aromatic N) is 4. The van der Waals surface area contributed by atoms with Gasteiger partial charge >= 0.3 is 0 Å². The van der Waals surface area contributed by atoms with Crippen LogP contribution in [0.1, 0.15) is 15.2 Å². The topological polar surface area (TPSA) is 60.7 Å². The fourth-order valence-corrected chi connectivity index (χ4v) is 1.58. The van der Waals surface area contributed by atoms with Crippen LogP contribution >= 0.6 is 11.5 Å². The summed E-state index contributed by atoms with van der Waals surface area (Å²) in [5.74, 6) is 0.0352. The van der Waals surface area contributed by atoms with Crippen molar-refractivity contribution in [2.45, 2.75) is 6.42 Å². The maximum absolute atomic E-state index is 11.6. The molecule has 0 spiro atoms. The van der Waals surface area contributed by atoms with Gasteiger partial charge in [-0.1, -0.05) is 4.49 Å². The summed E-state index contributed by atoms with van der Waals surface area (Å²) in [5, 5.41) is 7.60. The Hall–Kier alpha value is -1.56. The first-order valence-corrected chi connectivity index (χ1v) is 4.81. The number of ketones is 1. The number of aromatic nitrogens is 4. The second kappa shape index (κ2) is 3.67. The lowest BCUT2D eigenvalue weighted by Crippen LogP contribution is -2.00. The van der Waals surface area contributed by atoms with Crippen molar-refractivity contribution in [2.24, 2.45) is 7.05 Å². The standard InChI is InChI=1S/C8H8N4OS/c1-12-5-6(3-10-12)2-7(13)8-4-9-11-14-8/h3-5H,2H2,1H3. The largest absolute Gasteiger partial charge is 0.293 e. The minimum atomic E-state index is 0.0352. The van der Waals surface area contributed by atoms with Crippen LogP contribution in [0.25, 0.3) is 0 Å². The Kier molecular flexibility index (Phi) is 2.36. The zero-order valence-corrected chi connectivity index (χ0v) is 8.36. The highest BCUT2D eigenvalue weighted by atomic mass is 32.1. The highest BCUT2D eigenvalue weighted by Gasteiger charge is 2.10. The van der Waals surface area contributed by atoms with Gasteiger partial charge in [0.25, 0.3) is 0 Å². The van der Waals surface area contributed by atoms with Crippen LogP contribution in [0.2, 0.25) is 0 Å². The van der Waals surface area contributed by atoms with E-state index in [2.05, 4.69) is 14.7 Å². The Bertz CT molecular complexity index is 434. The lowest BCUT2D eigenvalue weighted by atomic mass is 10.2. The van der Waals surface area contributed by atoms with Crippen LogP contribution in [0, 0.1) is 0 Å². The number of aryl methyl sites for hydroxylation is 1. The van der Waals surface area contributed by atoms with E-state index in [9.17, 15) is 4.79 Å². The highest BCUT2D eigenvalue weighted by Crippen LogP contribution is 2.08. The highest BCUT2D eigenvalue weighted by molar-refractivity contribution is 7.07. The molecule has 0 aliphatic rings. The predicted octanol–water partition coefficient (Wildman–Crippen LogP) is 0.697. The normalized spacial score (nSPS) is 10.4. The Morgan fingerprint density at radius 2 is 2.43 bits per heavy atom. The van der Waals surface area contributed by atoms with Gasteiger partial charge in [-0.05, 0) is 17.1 Å². The van der Waals surface area contributed by atoms with Gasteiger partial charge in [0.15, 0.2) is 5.78 Å². The zero-order chi connectivity index (χ0) is 9.97. The van der Waals surface area contributed by atoms with Crippen molar-refractivity contribution in [3.8, 4) is 0 Å². The lowest BCUT2D eigenvalue weighted by Gasteiger charge is -1.91. The molecule has 14 heavy (non-hydrogen) atoms. The summed E-state index contributed by atoms with van der Waals surface area (Å²) in [6.07, 6.45) is 5.36. The molecule has 0 aromatic carbocycles. The van der Waals surface area contributed by atoms with Crippen LogP contribution < -0.4 is 0 Å². The van der Waals surface area contributed by atoms with Crippen molar-refractivity contribution < 1.29 is 4.79 Å². The predicted molar refractivity (Wildman–Crippen MR) is 51.2 cm³/mol. The fourth-order valence-electron chi connectivity index (χ4n) is 1.13. The molecule has 0 saturated heterocycles. The summed E-state index contributed by atoms with van der Waals surface area (Å²) in [6, 6.07) is 0. The van der Waals surface area contributed by atoms with Crippen molar-refractivity contribution in [1.29, 1.82) is 0 Å². The summed E-state index contributed by atoms with van der Waals surface area (Å²) in [6.45, 7) is 0. The van der Waals surface area contributed by atoms with Gasteiger partial charge in [-0.25, -0.2) is 0 Å². The number of carbonyl (C=O) groups is 1. The van der Waals surface area contributed by atoms with E-state index in [1.807, 2.05) is 13.2 Å². The molecule has 6 heteroatoms. The quantitative estimate of drug-likeness (QED) is 0.696. The van der Waals surface area contributed by atoms with Gasteiger partial charge in [0.1, 0.15) is 4.88 Å². The molecule has 0 unspecified atom stereocenters. The summed E-state index contributed by atoms with van der Waals surface area (Å²) in [7, 11) is 1.82. The molecule has 2 heterocycles. The van der Waals surface area contributed by atoms with Gasteiger partial charge in [-0.2, -0.15) is 5.10 Å². The smallest absolute Gasteiger partial charge is 0.180 e. The monoisotopic (exact) mass is 208 g/mol. The first-order valence-electron chi connectivity index (χ1n) is 4.04. The van der Waals surface area contributed by atoms with E-state index in [-0.39, 0.29) is 5.78 Å². The molecule has 0 fully saturated rings. The third-order valence-electron chi connectivity index (χ3n) is 1.76. The van der Waals surface area contributed by atoms with E-state index in [0.717, 1.165) is 17.1 Å². The summed E-state index contributed by atoms with van der Waals surface area (Å²) in [5.41, 5.74) is 0.908. The molecular formula is C8H8N4OS. The summed E-state index contributed by atoms with van der Waals surface area (Å²) in [4.78, 5) is 12.2. The summed E-state index contributed by atoms with van der Waals surface area (Å²) < 4.78 is 5.31. The number of carbonyl (C=O) groups excluding carboxylic acids is 1. The van der Waals surface area contributed by atoms with Gasteiger partial charge < -0.3 is 0 Å². The van der Waals surface area contributed by atoms with Crippen LogP contribution in [-0.4, -0.2) is 25.2 Å². The van der Waals surface area contributed by atoms with Crippen LogP contribution in [0.3, 0.4) is 0 Å². The third-order valence-corrected chi connectivity index (χ3v) is 2.46. The fraction of sp³-hybridized carbons (Fsp3) is 0.250. The average molecular weight is 208 g/mol. The number of hydrogen-bond acceptors (Lipinski definition) is 5. The first-order chi connectivity index (χ1) is 6.75. The Balaban J connectivity index is 2.09. The number of hydrogen-bond donors (Lipinski definition) is 0. The molecule has 0 aliphatic carbocycles. The van der Waals surface area contributed by atoms with E-state index < -0.39 is 0 Å². The van der Waals surface area contributed by atoms with Crippen LogP contribution in [0.4, 0.5) is 0 Å². The van der Waals surface area contributed by atoms with E-state index in [0.29, 0.717) is 11.3 Å².